The standard InChI is InChI=1S/C12H13F3O5S/c1-7(12(13,14)15)20-10-5-4-8(21(3,17)18)6-9(10)11(16)19-2/h4-7H,1-3H3/p+1. The van der Waals surface area contributed by atoms with E-state index in [2.05, 4.69) is 4.74 Å². The van der Waals surface area contributed by atoms with Crippen LogP contribution in [-0.4, -0.2) is 40.0 Å². The van der Waals surface area contributed by atoms with Gasteiger partial charge in [-0.1, -0.05) is 0 Å². The third-order valence-electron chi connectivity index (χ3n) is 2.56. The van der Waals surface area contributed by atoms with Gasteiger partial charge in [0.15, 0.2) is 6.10 Å². The third-order valence-corrected chi connectivity index (χ3v) is 3.69. The van der Waals surface area contributed by atoms with E-state index in [0.29, 0.717) is 0 Å². The zero-order valence-electron chi connectivity index (χ0n) is 11.4. The van der Waals surface area contributed by atoms with Gasteiger partial charge in [-0.05, 0) is 25.1 Å². The van der Waals surface area contributed by atoms with Gasteiger partial charge in [0.05, 0.1) is 13.4 Å². The molecule has 0 bridgehead atoms. The molecule has 0 saturated heterocycles. The zero-order chi connectivity index (χ0) is 16.4. The lowest BCUT2D eigenvalue weighted by Crippen LogP contribution is -2.31. The lowest BCUT2D eigenvalue weighted by molar-refractivity contribution is -0.189. The summed E-state index contributed by atoms with van der Waals surface area (Å²) in [4.78, 5) is 11.5. The number of methoxy groups -OCH3 is 1. The van der Waals surface area contributed by atoms with E-state index in [9.17, 15) is 26.4 Å². The monoisotopic (exact) mass is 327 g/mol. The Hall–Kier alpha value is -1.77. The van der Waals surface area contributed by atoms with Crippen molar-refractivity contribution in [1.29, 1.82) is 0 Å². The van der Waals surface area contributed by atoms with Crippen molar-refractivity contribution in [3.63, 3.8) is 0 Å². The summed E-state index contributed by atoms with van der Waals surface area (Å²) in [7, 11) is -2.34. The number of halogens is 3. The molecule has 9 heteroatoms. The molecule has 1 N–H and O–H groups in total. The van der Waals surface area contributed by atoms with E-state index in [1.54, 1.807) is 0 Å². The van der Waals surface area contributed by atoms with Gasteiger partial charge in [0.2, 0.25) is 0 Å². The quantitative estimate of drug-likeness (QED) is 0.628. The molecule has 0 heterocycles. The molecule has 1 rings (SSSR count). The fraction of sp³-hybridized carbons (Fsp3) is 0.417. The Morgan fingerprint density at radius 1 is 1.38 bits per heavy atom. The number of alkyl halides is 3. The van der Waals surface area contributed by atoms with Crippen molar-refractivity contribution >= 4 is 15.8 Å². The number of benzene rings is 1. The van der Waals surface area contributed by atoms with E-state index >= 15 is 0 Å². The molecule has 0 saturated carbocycles. The van der Waals surface area contributed by atoms with Crippen LogP contribution in [0, 0.1) is 0 Å². The predicted octanol–water partition coefficient (Wildman–Crippen LogP) is 2.36. The van der Waals surface area contributed by atoms with Crippen molar-refractivity contribution in [3.8, 4) is 5.75 Å². The summed E-state index contributed by atoms with van der Waals surface area (Å²) in [5, 5.41) is 0. The molecular weight excluding hydrogens is 313 g/mol. The maximum atomic E-state index is 12.5. The van der Waals surface area contributed by atoms with Crippen molar-refractivity contribution in [1.82, 2.24) is 0 Å². The topological polar surface area (TPSA) is 74.0 Å². The number of ether oxygens (including phenoxy) is 2. The minimum atomic E-state index is -4.61. The minimum absolute atomic E-state index is 0.116. The molecule has 0 aliphatic carbocycles. The number of rotatable bonds is 4. The van der Waals surface area contributed by atoms with Gasteiger partial charge in [0.25, 0.3) is 9.84 Å². The van der Waals surface area contributed by atoms with E-state index < -0.39 is 28.1 Å². The SMILES string of the molecule is COC(=O)c1cc(S(C)(=O)=[OH+])ccc1OC(C)C(F)(F)F. The van der Waals surface area contributed by atoms with Crippen LogP contribution >= 0.6 is 0 Å². The number of carbonyl (C=O) groups is 1. The van der Waals surface area contributed by atoms with E-state index in [0.717, 1.165) is 38.5 Å². The molecule has 5 nitrogen and oxygen atoms in total. The normalized spacial score (nSPS) is 15.9. The lowest BCUT2D eigenvalue weighted by Gasteiger charge is -2.19. The van der Waals surface area contributed by atoms with E-state index in [1.165, 1.54) is 0 Å². The molecule has 1 aromatic carbocycles. The molecule has 0 aliphatic heterocycles. The number of hydrogen-bond donors (Lipinski definition) is 0. The Morgan fingerprint density at radius 3 is 2.38 bits per heavy atom. The number of carbonyl (C=O) groups excluding carboxylic acids is 1. The van der Waals surface area contributed by atoms with Gasteiger partial charge in [-0.25, -0.2) is 9.00 Å². The average Bonchev–Trinajstić information content (AvgIpc) is 2.35. The fourth-order valence-corrected chi connectivity index (χ4v) is 2.03. The molecule has 1 aromatic rings. The van der Waals surface area contributed by atoms with Gasteiger partial charge < -0.3 is 9.47 Å². The van der Waals surface area contributed by atoms with Crippen molar-refractivity contribution < 1.29 is 35.9 Å². The molecule has 21 heavy (non-hydrogen) atoms. The molecule has 2 unspecified atom stereocenters. The highest BCUT2D eigenvalue weighted by molar-refractivity contribution is 7.90. The van der Waals surface area contributed by atoms with Crippen LogP contribution in [0.2, 0.25) is 0 Å². The Bertz CT molecular complexity index is 637. The van der Waals surface area contributed by atoms with Crippen LogP contribution in [0.5, 0.6) is 5.75 Å². The van der Waals surface area contributed by atoms with E-state index in [4.69, 9.17) is 4.74 Å². The summed E-state index contributed by atoms with van der Waals surface area (Å²) in [5.41, 5.74) is -0.352. The van der Waals surface area contributed by atoms with Crippen LogP contribution < -0.4 is 4.74 Å². The van der Waals surface area contributed by atoms with Gasteiger partial charge >= 0.3 is 12.1 Å². The van der Waals surface area contributed by atoms with Crippen molar-refractivity contribution in [2.45, 2.75) is 24.1 Å². The summed E-state index contributed by atoms with van der Waals surface area (Å²) in [6.07, 6.45) is -5.74. The molecule has 2 atom stereocenters. The van der Waals surface area contributed by atoms with Crippen molar-refractivity contribution in [3.05, 3.63) is 23.8 Å². The van der Waals surface area contributed by atoms with Crippen LogP contribution in [0.1, 0.15) is 17.3 Å². The fourth-order valence-electron chi connectivity index (χ4n) is 1.37. The molecule has 0 spiro atoms. The molecule has 118 valence electrons. The Labute approximate surface area is 119 Å². The third kappa shape index (κ3) is 4.35. The van der Waals surface area contributed by atoms with Crippen LogP contribution in [0.15, 0.2) is 23.1 Å². The summed E-state index contributed by atoms with van der Waals surface area (Å²) in [6.45, 7) is 0.782. The Kier molecular flexibility index (Phi) is 4.87. The second-order valence-electron chi connectivity index (χ2n) is 4.25. The van der Waals surface area contributed by atoms with Gasteiger partial charge in [-0.3, -0.25) is 0 Å². The maximum absolute atomic E-state index is 12.5. The minimum Gasteiger partial charge on any atom is -0.480 e. The van der Waals surface area contributed by atoms with Crippen LogP contribution in [-0.2, 0) is 14.6 Å². The highest BCUT2D eigenvalue weighted by Gasteiger charge is 2.38. The van der Waals surface area contributed by atoms with Gasteiger partial charge in [-0.2, -0.15) is 17.4 Å². The van der Waals surface area contributed by atoms with Crippen molar-refractivity contribution in [2.75, 3.05) is 13.4 Å². The molecule has 0 aliphatic rings. The molecule has 0 aromatic heterocycles. The summed E-state index contributed by atoms with van der Waals surface area (Å²) >= 11 is 0. The second-order valence-corrected chi connectivity index (χ2v) is 6.33. The van der Waals surface area contributed by atoms with Crippen LogP contribution in [0.25, 0.3) is 0 Å². The first-order valence-electron chi connectivity index (χ1n) is 5.64. The summed E-state index contributed by atoms with van der Waals surface area (Å²) < 4.78 is 67.6. The first kappa shape index (κ1) is 17.3. The highest BCUT2D eigenvalue weighted by Crippen LogP contribution is 2.29. The van der Waals surface area contributed by atoms with Crippen molar-refractivity contribution in [2.24, 2.45) is 0 Å². The average molecular weight is 327 g/mol. The highest BCUT2D eigenvalue weighted by atomic mass is 32.2. The van der Waals surface area contributed by atoms with Crippen LogP contribution in [0.4, 0.5) is 13.2 Å². The lowest BCUT2D eigenvalue weighted by atomic mass is 10.2. The second kappa shape index (κ2) is 5.92. The number of hydrogen-bond acceptors (Lipinski definition) is 4. The molecule has 0 fully saturated rings. The molecule has 0 radical (unpaired) electrons. The Balaban J connectivity index is 3.30. The van der Waals surface area contributed by atoms with Gasteiger partial charge in [-0.15, -0.1) is 0 Å². The van der Waals surface area contributed by atoms with E-state index in [1.807, 2.05) is 0 Å². The predicted molar refractivity (Wildman–Crippen MR) is 68.2 cm³/mol. The molecule has 0 amide bonds. The van der Waals surface area contributed by atoms with Crippen LogP contribution in [0.3, 0.4) is 0 Å². The summed E-state index contributed by atoms with van der Waals surface area (Å²) in [5.74, 6) is -1.34. The molecular formula is C12H14F3O5S+. The maximum Gasteiger partial charge on any atom is 0.425 e. The summed E-state index contributed by atoms with van der Waals surface area (Å²) in [6, 6.07) is 3.13. The zero-order valence-corrected chi connectivity index (χ0v) is 12.2. The first-order chi connectivity index (χ1) is 9.46. The van der Waals surface area contributed by atoms with E-state index in [-0.39, 0.29) is 16.2 Å². The smallest absolute Gasteiger partial charge is 0.425 e. The largest absolute Gasteiger partial charge is 0.480 e. The first-order valence-corrected chi connectivity index (χ1v) is 7.56. The van der Waals surface area contributed by atoms with Gasteiger partial charge in [0, 0.05) is 0 Å². The van der Waals surface area contributed by atoms with Gasteiger partial charge in [0.1, 0.15) is 16.2 Å². The Morgan fingerprint density at radius 2 is 1.95 bits per heavy atom. The number of esters is 1.